The summed E-state index contributed by atoms with van der Waals surface area (Å²) in [6.45, 7) is 3.02. The van der Waals surface area contributed by atoms with Crippen molar-refractivity contribution < 1.29 is 19.2 Å². The van der Waals surface area contributed by atoms with Gasteiger partial charge < -0.3 is 19.9 Å². The molecule has 0 aliphatic rings. The molecule has 0 aliphatic carbocycles. The van der Waals surface area contributed by atoms with Crippen molar-refractivity contribution in [2.24, 2.45) is 0 Å². The Bertz CT molecular complexity index is 809. The smallest absolute Gasteiger partial charge is 0.279 e. The van der Waals surface area contributed by atoms with Crippen molar-refractivity contribution in [3.8, 4) is 5.75 Å². The SMILES string of the molecule is COc1ccc(Cl)cc1NC(=O)C[NH+](C)CC(=O)N(C)Cc1sccc1C. The molecular weight excluding hydrogens is 386 g/mol. The molecule has 0 fully saturated rings. The molecule has 6 nitrogen and oxygen atoms in total. The zero-order valence-electron chi connectivity index (χ0n) is 16.0. The van der Waals surface area contributed by atoms with E-state index in [0.29, 0.717) is 23.0 Å². The molecular formula is C19H25ClN3O3S+. The van der Waals surface area contributed by atoms with Gasteiger partial charge in [-0.05, 0) is 42.1 Å². The highest BCUT2D eigenvalue weighted by molar-refractivity contribution is 7.10. The highest BCUT2D eigenvalue weighted by atomic mass is 35.5. The molecule has 1 heterocycles. The second-order valence-electron chi connectivity index (χ2n) is 6.48. The van der Waals surface area contributed by atoms with Crippen LogP contribution in [0.15, 0.2) is 29.6 Å². The van der Waals surface area contributed by atoms with Gasteiger partial charge in [0.15, 0.2) is 13.1 Å². The summed E-state index contributed by atoms with van der Waals surface area (Å²) in [5.41, 5.74) is 1.70. The van der Waals surface area contributed by atoms with Gasteiger partial charge >= 0.3 is 0 Å². The van der Waals surface area contributed by atoms with Crippen LogP contribution < -0.4 is 15.0 Å². The molecule has 0 saturated heterocycles. The second kappa shape index (κ2) is 9.73. The summed E-state index contributed by atoms with van der Waals surface area (Å²) < 4.78 is 5.22. The van der Waals surface area contributed by atoms with Gasteiger partial charge in [-0.2, -0.15) is 0 Å². The van der Waals surface area contributed by atoms with E-state index in [4.69, 9.17) is 16.3 Å². The summed E-state index contributed by atoms with van der Waals surface area (Å²) in [6.07, 6.45) is 0. The van der Waals surface area contributed by atoms with E-state index < -0.39 is 0 Å². The zero-order chi connectivity index (χ0) is 20.0. The van der Waals surface area contributed by atoms with Crippen LogP contribution in [-0.2, 0) is 16.1 Å². The summed E-state index contributed by atoms with van der Waals surface area (Å²) >= 11 is 7.62. The van der Waals surface area contributed by atoms with Gasteiger partial charge in [0.1, 0.15) is 5.75 Å². The van der Waals surface area contributed by atoms with Gasteiger partial charge in [0.25, 0.3) is 11.8 Å². The number of halogens is 1. The van der Waals surface area contributed by atoms with Crippen LogP contribution in [0.25, 0.3) is 0 Å². The van der Waals surface area contributed by atoms with Crippen LogP contribution >= 0.6 is 22.9 Å². The molecule has 0 aliphatic heterocycles. The maximum absolute atomic E-state index is 12.4. The molecule has 0 spiro atoms. The third kappa shape index (κ3) is 6.23. The van der Waals surface area contributed by atoms with Crippen molar-refractivity contribution in [3.05, 3.63) is 45.1 Å². The van der Waals surface area contributed by atoms with Gasteiger partial charge in [-0.1, -0.05) is 11.6 Å². The largest absolute Gasteiger partial charge is 0.495 e. The lowest BCUT2D eigenvalue weighted by Gasteiger charge is -2.20. The van der Waals surface area contributed by atoms with Gasteiger partial charge in [0, 0.05) is 16.9 Å². The van der Waals surface area contributed by atoms with Crippen LogP contribution in [0.1, 0.15) is 10.4 Å². The summed E-state index contributed by atoms with van der Waals surface area (Å²) in [5.74, 6) is 0.318. The van der Waals surface area contributed by atoms with Crippen molar-refractivity contribution in [3.63, 3.8) is 0 Å². The number of carbonyl (C=O) groups excluding carboxylic acids is 2. The fraction of sp³-hybridized carbons (Fsp3) is 0.368. The van der Waals surface area contributed by atoms with E-state index in [-0.39, 0.29) is 24.9 Å². The normalized spacial score (nSPS) is 11.7. The number of nitrogens with one attached hydrogen (secondary N) is 2. The van der Waals surface area contributed by atoms with Crippen molar-refractivity contribution >= 4 is 40.4 Å². The zero-order valence-corrected chi connectivity index (χ0v) is 17.5. The highest BCUT2D eigenvalue weighted by Crippen LogP contribution is 2.27. The Morgan fingerprint density at radius 3 is 2.67 bits per heavy atom. The maximum Gasteiger partial charge on any atom is 0.279 e. The van der Waals surface area contributed by atoms with E-state index in [1.54, 1.807) is 41.5 Å². The lowest BCUT2D eigenvalue weighted by atomic mass is 10.3. The first-order valence-electron chi connectivity index (χ1n) is 8.51. The molecule has 2 N–H and O–H groups in total. The van der Waals surface area contributed by atoms with Gasteiger partial charge in [-0.3, -0.25) is 9.59 Å². The molecule has 0 bridgehead atoms. The first-order chi connectivity index (χ1) is 12.8. The average Bonchev–Trinajstić information content (AvgIpc) is 2.99. The summed E-state index contributed by atoms with van der Waals surface area (Å²) in [6, 6.07) is 7.07. The fourth-order valence-corrected chi connectivity index (χ4v) is 3.70. The lowest BCUT2D eigenvalue weighted by Crippen LogP contribution is -3.11. The van der Waals surface area contributed by atoms with Gasteiger partial charge in [-0.25, -0.2) is 0 Å². The Hall–Kier alpha value is -2.09. The van der Waals surface area contributed by atoms with Crippen molar-refractivity contribution in [1.29, 1.82) is 0 Å². The first kappa shape index (κ1) is 21.2. The number of quaternary nitrogens is 1. The number of thiophene rings is 1. The van der Waals surface area contributed by atoms with Crippen LogP contribution in [-0.4, -0.2) is 51.0 Å². The summed E-state index contributed by atoms with van der Waals surface area (Å²) in [4.78, 5) is 28.4. The molecule has 1 unspecified atom stereocenters. The Kier molecular flexibility index (Phi) is 7.65. The number of likely N-dealkylation sites (N-methyl/N-ethyl adjacent to an activating group) is 2. The molecule has 0 saturated carbocycles. The minimum atomic E-state index is -0.211. The molecule has 2 rings (SSSR count). The second-order valence-corrected chi connectivity index (χ2v) is 7.92. The monoisotopic (exact) mass is 410 g/mol. The lowest BCUT2D eigenvalue weighted by molar-refractivity contribution is -0.862. The molecule has 1 aromatic heterocycles. The minimum absolute atomic E-state index is 0.00608. The predicted octanol–water partition coefficient (Wildman–Crippen LogP) is 1.83. The number of anilines is 1. The molecule has 8 heteroatoms. The van der Waals surface area contributed by atoms with Gasteiger partial charge in [0.05, 0.1) is 26.4 Å². The number of hydrogen-bond acceptors (Lipinski definition) is 4. The number of aryl methyl sites for hydroxylation is 1. The molecule has 27 heavy (non-hydrogen) atoms. The number of nitrogens with zero attached hydrogens (tertiary/aromatic N) is 1. The maximum atomic E-state index is 12.4. The van der Waals surface area contributed by atoms with Crippen LogP contribution in [0, 0.1) is 6.92 Å². The number of ether oxygens (including phenoxy) is 1. The highest BCUT2D eigenvalue weighted by Gasteiger charge is 2.19. The van der Waals surface area contributed by atoms with Crippen LogP contribution in [0.2, 0.25) is 5.02 Å². The summed E-state index contributed by atoms with van der Waals surface area (Å²) in [7, 11) is 5.13. The quantitative estimate of drug-likeness (QED) is 0.698. The molecule has 2 amide bonds. The number of benzene rings is 1. The Balaban J connectivity index is 1.86. The number of hydrogen-bond donors (Lipinski definition) is 2. The van der Waals surface area contributed by atoms with E-state index in [1.807, 2.05) is 25.4 Å². The predicted molar refractivity (Wildman–Crippen MR) is 109 cm³/mol. The van der Waals surface area contributed by atoms with Crippen molar-refractivity contribution in [2.45, 2.75) is 13.5 Å². The fourth-order valence-electron chi connectivity index (χ4n) is 2.57. The number of rotatable bonds is 8. The average molecular weight is 411 g/mol. The van der Waals surface area contributed by atoms with Gasteiger partial charge in [-0.15, -0.1) is 11.3 Å². The van der Waals surface area contributed by atoms with Crippen molar-refractivity contribution in [1.82, 2.24) is 4.90 Å². The Labute approximate surface area is 168 Å². The van der Waals surface area contributed by atoms with E-state index in [0.717, 1.165) is 4.90 Å². The van der Waals surface area contributed by atoms with Gasteiger partial charge in [0.2, 0.25) is 0 Å². The van der Waals surface area contributed by atoms with E-state index in [2.05, 4.69) is 5.32 Å². The van der Waals surface area contributed by atoms with Crippen molar-refractivity contribution in [2.75, 3.05) is 39.6 Å². The third-order valence-electron chi connectivity index (χ3n) is 4.13. The van der Waals surface area contributed by atoms with E-state index in [1.165, 1.54) is 17.6 Å². The molecule has 146 valence electrons. The standard InChI is InChI=1S/C19H24ClN3O3S/c1-13-7-8-27-17(13)10-23(3)19(25)12-22(2)11-18(24)21-15-9-14(20)5-6-16(15)26-4/h5-9H,10-12H2,1-4H3,(H,21,24)/p+1. The number of methoxy groups -OCH3 is 1. The molecule has 0 radical (unpaired) electrons. The molecule has 1 atom stereocenters. The van der Waals surface area contributed by atoms with Crippen LogP contribution in [0.3, 0.4) is 0 Å². The molecule has 2 aromatic rings. The number of carbonyl (C=O) groups is 2. The topological polar surface area (TPSA) is 63.1 Å². The van der Waals surface area contributed by atoms with E-state index >= 15 is 0 Å². The summed E-state index contributed by atoms with van der Waals surface area (Å²) in [5, 5.41) is 5.32. The third-order valence-corrected chi connectivity index (χ3v) is 5.37. The minimum Gasteiger partial charge on any atom is -0.495 e. The Morgan fingerprint density at radius 1 is 1.30 bits per heavy atom. The Morgan fingerprint density at radius 2 is 2.04 bits per heavy atom. The van der Waals surface area contributed by atoms with Crippen LogP contribution in [0.4, 0.5) is 5.69 Å². The first-order valence-corrected chi connectivity index (χ1v) is 9.77. The van der Waals surface area contributed by atoms with Crippen LogP contribution in [0.5, 0.6) is 5.75 Å². The van der Waals surface area contributed by atoms with E-state index in [9.17, 15) is 9.59 Å². The molecule has 1 aromatic carbocycles. The number of amides is 2.